The van der Waals surface area contributed by atoms with Gasteiger partial charge in [0.2, 0.25) is 0 Å². The predicted molar refractivity (Wildman–Crippen MR) is 86.5 cm³/mol. The molecule has 0 fully saturated rings. The van der Waals surface area contributed by atoms with Crippen molar-refractivity contribution in [3.05, 3.63) is 59.7 Å². The second-order valence-corrected chi connectivity index (χ2v) is 5.98. The zero-order valence-electron chi connectivity index (χ0n) is 12.9. The molecule has 0 aliphatic carbocycles. The molecule has 2 aromatic carbocycles. The zero-order valence-corrected chi connectivity index (χ0v) is 14.7. The number of hydrogen-bond acceptors (Lipinski definition) is 4. The largest absolute Gasteiger partial charge is 2.00 e. The standard InChI is InChI=1S/C14H10O4S2.Ca.2H/c15-13(16)9-5-1-3-7-11(9)19-20-12-8-4-2-6-10(12)14(17)18;;;/h1-8H,(H,15,16)(H,17,18);;;/q;+2;2*-1. The van der Waals surface area contributed by atoms with Crippen LogP contribution in [0.5, 0.6) is 0 Å². The van der Waals surface area contributed by atoms with Crippen LogP contribution in [0, 0.1) is 0 Å². The third-order valence-electron chi connectivity index (χ3n) is 2.46. The molecule has 2 aromatic rings. The van der Waals surface area contributed by atoms with E-state index in [-0.39, 0.29) is 51.7 Å². The normalized spacial score (nSPS) is 9.71. The van der Waals surface area contributed by atoms with Crippen molar-refractivity contribution in [2.45, 2.75) is 9.79 Å². The summed E-state index contributed by atoms with van der Waals surface area (Å²) in [5, 5.41) is 18.2. The number of hydrogen-bond donors (Lipinski definition) is 2. The van der Waals surface area contributed by atoms with Crippen molar-refractivity contribution < 1.29 is 22.7 Å². The van der Waals surface area contributed by atoms with Crippen LogP contribution in [0.15, 0.2) is 58.3 Å². The Morgan fingerprint density at radius 2 is 1.10 bits per heavy atom. The summed E-state index contributed by atoms with van der Waals surface area (Å²) in [6.07, 6.45) is 0. The van der Waals surface area contributed by atoms with Gasteiger partial charge in [-0.15, -0.1) is 0 Å². The fourth-order valence-electron chi connectivity index (χ4n) is 1.52. The molecule has 0 aromatic heterocycles. The Kier molecular flexibility index (Phi) is 7.62. The second-order valence-electron chi connectivity index (χ2n) is 3.77. The molecular weight excluding hydrogens is 336 g/mol. The Morgan fingerprint density at radius 3 is 1.43 bits per heavy atom. The molecule has 0 atom stereocenters. The molecule has 0 saturated heterocycles. The molecule has 0 unspecified atom stereocenters. The van der Waals surface area contributed by atoms with E-state index in [9.17, 15) is 9.59 Å². The van der Waals surface area contributed by atoms with E-state index in [2.05, 4.69) is 0 Å². The first kappa shape index (κ1) is 18.4. The third kappa shape index (κ3) is 4.93. The quantitative estimate of drug-likeness (QED) is 0.633. The first-order valence-electron chi connectivity index (χ1n) is 5.59. The average molecular weight is 348 g/mol. The molecule has 0 saturated carbocycles. The van der Waals surface area contributed by atoms with E-state index in [0.717, 1.165) is 0 Å². The van der Waals surface area contributed by atoms with Crippen LogP contribution in [0.2, 0.25) is 0 Å². The van der Waals surface area contributed by atoms with Crippen molar-refractivity contribution in [3.63, 3.8) is 0 Å². The summed E-state index contributed by atoms with van der Waals surface area (Å²) in [5.41, 5.74) is 0.413. The summed E-state index contributed by atoms with van der Waals surface area (Å²) < 4.78 is 0. The van der Waals surface area contributed by atoms with E-state index < -0.39 is 11.9 Å². The van der Waals surface area contributed by atoms with Crippen molar-refractivity contribution in [2.75, 3.05) is 0 Å². The first-order valence-corrected chi connectivity index (χ1v) is 7.73. The fourth-order valence-corrected chi connectivity index (χ4v) is 3.87. The Morgan fingerprint density at radius 1 is 0.762 bits per heavy atom. The Labute approximate surface area is 162 Å². The van der Waals surface area contributed by atoms with Gasteiger partial charge < -0.3 is 13.1 Å². The average Bonchev–Trinajstić information content (AvgIpc) is 2.45. The first-order chi connectivity index (χ1) is 9.59. The van der Waals surface area contributed by atoms with Crippen LogP contribution in [0.3, 0.4) is 0 Å². The van der Waals surface area contributed by atoms with Crippen LogP contribution in [0.4, 0.5) is 0 Å². The SMILES string of the molecule is O=C(O)c1ccccc1SSc1ccccc1C(=O)O.[Ca+2].[H-].[H-]. The van der Waals surface area contributed by atoms with Gasteiger partial charge in [-0.3, -0.25) is 0 Å². The number of benzene rings is 2. The molecule has 21 heavy (non-hydrogen) atoms. The number of aromatic carboxylic acids is 2. The molecule has 106 valence electrons. The molecule has 0 bridgehead atoms. The fraction of sp³-hybridized carbons (Fsp3) is 0. The minimum absolute atomic E-state index is 0. The van der Waals surface area contributed by atoms with E-state index in [1.165, 1.54) is 33.7 Å². The zero-order chi connectivity index (χ0) is 14.5. The second kappa shape index (κ2) is 8.70. The van der Waals surface area contributed by atoms with Gasteiger partial charge in [0.05, 0.1) is 11.1 Å². The summed E-state index contributed by atoms with van der Waals surface area (Å²) in [6, 6.07) is 13.3. The van der Waals surface area contributed by atoms with Crippen LogP contribution in [-0.4, -0.2) is 59.9 Å². The van der Waals surface area contributed by atoms with Gasteiger partial charge in [0, 0.05) is 9.79 Å². The molecule has 0 amide bonds. The van der Waals surface area contributed by atoms with Gasteiger partial charge in [-0.1, -0.05) is 45.9 Å². The molecule has 2 rings (SSSR count). The summed E-state index contributed by atoms with van der Waals surface area (Å²) in [7, 11) is 2.47. The molecule has 7 heteroatoms. The van der Waals surface area contributed by atoms with Crippen molar-refractivity contribution in [2.24, 2.45) is 0 Å². The number of rotatable bonds is 5. The maximum atomic E-state index is 11.1. The molecule has 0 aliphatic heterocycles. The number of carboxylic acids is 2. The van der Waals surface area contributed by atoms with E-state index in [4.69, 9.17) is 10.2 Å². The topological polar surface area (TPSA) is 74.6 Å². The Hall–Kier alpha value is -0.660. The third-order valence-corrected chi connectivity index (χ3v) is 4.94. The van der Waals surface area contributed by atoms with Crippen LogP contribution in [0.25, 0.3) is 0 Å². The van der Waals surface area contributed by atoms with Crippen molar-refractivity contribution >= 4 is 71.3 Å². The minimum Gasteiger partial charge on any atom is -1.00 e. The smallest absolute Gasteiger partial charge is 1.00 e. The summed E-state index contributed by atoms with van der Waals surface area (Å²) in [4.78, 5) is 23.4. The summed E-state index contributed by atoms with van der Waals surface area (Å²) >= 11 is 0. The molecule has 0 aliphatic rings. The predicted octanol–water partition coefficient (Wildman–Crippen LogP) is 3.73. The van der Waals surface area contributed by atoms with Gasteiger partial charge in [0.15, 0.2) is 0 Å². The van der Waals surface area contributed by atoms with Crippen molar-refractivity contribution in [3.8, 4) is 0 Å². The van der Waals surface area contributed by atoms with Gasteiger partial charge in [-0.25, -0.2) is 9.59 Å². The minimum atomic E-state index is -1.000. The summed E-state index contributed by atoms with van der Waals surface area (Å²) in [5.74, 6) is -2.00. The number of carbonyl (C=O) groups is 2. The maximum absolute atomic E-state index is 11.1. The molecule has 2 N–H and O–H groups in total. The van der Waals surface area contributed by atoms with Crippen LogP contribution in [-0.2, 0) is 0 Å². The summed E-state index contributed by atoms with van der Waals surface area (Å²) in [6.45, 7) is 0. The Balaban J connectivity index is 0. The number of carboxylic acid groups (broad SMARTS) is 2. The molecule has 4 nitrogen and oxygen atoms in total. The van der Waals surface area contributed by atoms with Gasteiger partial charge in [0.1, 0.15) is 0 Å². The van der Waals surface area contributed by atoms with Crippen LogP contribution < -0.4 is 0 Å². The van der Waals surface area contributed by atoms with Gasteiger partial charge in [0.25, 0.3) is 0 Å². The van der Waals surface area contributed by atoms with Crippen molar-refractivity contribution in [1.82, 2.24) is 0 Å². The van der Waals surface area contributed by atoms with E-state index in [1.807, 2.05) is 0 Å². The van der Waals surface area contributed by atoms with Gasteiger partial charge in [-0.05, 0) is 24.3 Å². The van der Waals surface area contributed by atoms with E-state index in [1.54, 1.807) is 36.4 Å². The van der Waals surface area contributed by atoms with Gasteiger partial charge >= 0.3 is 49.7 Å². The van der Waals surface area contributed by atoms with Crippen molar-refractivity contribution in [1.29, 1.82) is 0 Å². The molecule has 0 spiro atoms. The molecular formula is C14H12CaO4S2. The van der Waals surface area contributed by atoms with E-state index in [0.29, 0.717) is 9.79 Å². The van der Waals surface area contributed by atoms with E-state index >= 15 is 0 Å². The Bertz CT molecular complexity index is 613. The van der Waals surface area contributed by atoms with Crippen LogP contribution >= 0.6 is 21.6 Å². The molecule has 0 radical (unpaired) electrons. The molecule has 0 heterocycles. The maximum Gasteiger partial charge on any atom is 2.00 e. The monoisotopic (exact) mass is 348 g/mol. The van der Waals surface area contributed by atoms with Crippen LogP contribution in [0.1, 0.15) is 23.6 Å². The van der Waals surface area contributed by atoms with Gasteiger partial charge in [-0.2, -0.15) is 0 Å².